The maximum atomic E-state index is 6.84. The van der Waals surface area contributed by atoms with Crippen molar-refractivity contribution >= 4 is 33.2 Å². The van der Waals surface area contributed by atoms with Gasteiger partial charge < -0.3 is 5.32 Å². The van der Waals surface area contributed by atoms with Crippen LogP contribution in [0.2, 0.25) is 5.02 Å². The van der Waals surface area contributed by atoms with Gasteiger partial charge in [-0.1, -0.05) is 23.7 Å². The number of piperidine rings is 1. The minimum atomic E-state index is 0.409. The normalized spacial score (nSPS) is 29.4. The first kappa shape index (κ1) is 19.2. The van der Waals surface area contributed by atoms with Gasteiger partial charge in [0.15, 0.2) is 0 Å². The molecule has 6 rings (SSSR count). The fraction of sp³-hybridized carbons (Fsp3) is 0.500. The molecule has 0 radical (unpaired) electrons. The second kappa shape index (κ2) is 7.27. The Balaban J connectivity index is 1.23. The zero-order chi connectivity index (χ0) is 20.4. The molecule has 2 aliphatic heterocycles. The van der Waals surface area contributed by atoms with Crippen molar-refractivity contribution in [2.24, 2.45) is 5.92 Å². The van der Waals surface area contributed by atoms with Gasteiger partial charge in [0.05, 0.1) is 5.69 Å². The van der Waals surface area contributed by atoms with Crippen molar-refractivity contribution in [3.05, 3.63) is 57.3 Å². The summed E-state index contributed by atoms with van der Waals surface area (Å²) in [6, 6.07) is 10.0. The Morgan fingerprint density at radius 2 is 2.07 bits per heavy atom. The minimum Gasteiger partial charge on any atom is -0.312 e. The lowest BCUT2D eigenvalue weighted by Gasteiger charge is -2.36. The number of hydrogen-bond donors (Lipinski definition) is 1. The monoisotopic (exact) mass is 438 g/mol. The summed E-state index contributed by atoms with van der Waals surface area (Å²) in [6.07, 6.45) is 2.46. The fourth-order valence-corrected chi connectivity index (χ4v) is 6.76. The van der Waals surface area contributed by atoms with Crippen LogP contribution in [-0.4, -0.2) is 40.5 Å². The Bertz CT molecular complexity index is 1100. The molecule has 30 heavy (non-hydrogen) atoms. The molecule has 156 valence electrons. The molecule has 4 heterocycles. The highest BCUT2D eigenvalue weighted by Gasteiger charge is 2.43. The molecule has 3 aliphatic rings. The topological polar surface area (TPSA) is 41.1 Å². The van der Waals surface area contributed by atoms with E-state index in [0.29, 0.717) is 23.9 Å². The van der Waals surface area contributed by atoms with Gasteiger partial charge in [-0.25, -0.2) is 9.97 Å². The van der Waals surface area contributed by atoms with Crippen molar-refractivity contribution in [3.8, 4) is 0 Å². The van der Waals surface area contributed by atoms with Crippen LogP contribution in [-0.2, 0) is 0 Å². The van der Waals surface area contributed by atoms with Crippen LogP contribution in [0.1, 0.15) is 60.3 Å². The van der Waals surface area contributed by atoms with E-state index in [1.165, 1.54) is 41.7 Å². The number of thiophene rings is 1. The van der Waals surface area contributed by atoms with Gasteiger partial charge in [-0.15, -0.1) is 11.3 Å². The van der Waals surface area contributed by atoms with Crippen LogP contribution >= 0.6 is 22.9 Å². The van der Waals surface area contributed by atoms with Crippen LogP contribution in [0.15, 0.2) is 29.6 Å². The summed E-state index contributed by atoms with van der Waals surface area (Å²) >= 11 is 8.53. The number of benzene rings is 1. The number of aromatic nitrogens is 2. The predicted molar refractivity (Wildman–Crippen MR) is 124 cm³/mol. The molecular formula is C24H27ClN4S. The van der Waals surface area contributed by atoms with Crippen molar-refractivity contribution in [2.45, 2.75) is 50.6 Å². The molecule has 0 spiro atoms. The van der Waals surface area contributed by atoms with E-state index < -0.39 is 0 Å². The number of halogens is 1. The molecule has 2 aromatic heterocycles. The SMILES string of the molecule is Cc1nc([C@H]2C[C@@H]2c2ccc(C(C)N3CC4CNC(C4)C3)cc2Cl)c2ccsc2n1. The third-order valence-corrected chi connectivity index (χ3v) is 8.46. The molecule has 3 fully saturated rings. The minimum absolute atomic E-state index is 0.409. The van der Waals surface area contributed by atoms with Crippen molar-refractivity contribution < 1.29 is 0 Å². The molecule has 5 atom stereocenters. The van der Waals surface area contributed by atoms with Crippen LogP contribution in [0.25, 0.3) is 10.2 Å². The van der Waals surface area contributed by atoms with E-state index in [1.54, 1.807) is 11.3 Å². The third-order valence-electron chi connectivity index (χ3n) is 7.32. The zero-order valence-electron chi connectivity index (χ0n) is 17.4. The Morgan fingerprint density at radius 1 is 1.17 bits per heavy atom. The number of nitrogens with one attached hydrogen (secondary N) is 1. The van der Waals surface area contributed by atoms with Crippen molar-refractivity contribution in [1.29, 1.82) is 0 Å². The van der Waals surface area contributed by atoms with Crippen molar-refractivity contribution in [2.75, 3.05) is 19.6 Å². The highest BCUT2D eigenvalue weighted by Crippen LogP contribution is 2.57. The molecule has 1 aromatic carbocycles. The number of hydrogen-bond acceptors (Lipinski definition) is 5. The van der Waals surface area contributed by atoms with Crippen LogP contribution < -0.4 is 5.32 Å². The second-order valence-electron chi connectivity index (χ2n) is 9.36. The summed E-state index contributed by atoms with van der Waals surface area (Å²) in [5, 5.41) is 7.90. The first-order chi connectivity index (χ1) is 14.6. The number of aryl methyl sites for hydroxylation is 1. The van der Waals surface area contributed by atoms with Gasteiger partial charge in [-0.3, -0.25) is 4.90 Å². The molecular weight excluding hydrogens is 412 g/mol. The van der Waals surface area contributed by atoms with Crippen molar-refractivity contribution in [1.82, 2.24) is 20.2 Å². The Hall–Kier alpha value is -1.53. The summed E-state index contributed by atoms with van der Waals surface area (Å²) in [5.41, 5.74) is 3.81. The summed E-state index contributed by atoms with van der Waals surface area (Å²) in [6.45, 7) is 7.83. The number of likely N-dealkylation sites (tertiary alicyclic amines) is 1. The van der Waals surface area contributed by atoms with E-state index >= 15 is 0 Å². The van der Waals surface area contributed by atoms with Crippen molar-refractivity contribution in [3.63, 3.8) is 0 Å². The van der Waals surface area contributed by atoms with Crippen LogP contribution in [0.5, 0.6) is 0 Å². The van der Waals surface area contributed by atoms with Gasteiger partial charge in [0.2, 0.25) is 0 Å². The van der Waals surface area contributed by atoms with Crippen LogP contribution in [0.4, 0.5) is 0 Å². The average Bonchev–Trinajstić information content (AvgIpc) is 3.25. The molecule has 2 bridgehead atoms. The Morgan fingerprint density at radius 3 is 2.90 bits per heavy atom. The standard InChI is InChI=1S/C24H27ClN4S/c1-13(29-11-15-7-17(12-29)26-10-15)16-3-4-18(22(25)8-16)20-9-21(20)23-19-5-6-30-24(19)28-14(2)27-23/h3-6,8,13,15,17,20-21,26H,7,9-12H2,1-2H3/t13?,15?,17?,20-,21+/m1/s1. The average molecular weight is 439 g/mol. The molecule has 2 saturated heterocycles. The van der Waals surface area contributed by atoms with Gasteiger partial charge in [0, 0.05) is 41.5 Å². The highest BCUT2D eigenvalue weighted by atomic mass is 35.5. The summed E-state index contributed by atoms with van der Waals surface area (Å²) in [5.74, 6) is 2.59. The smallest absolute Gasteiger partial charge is 0.127 e. The molecule has 1 aliphatic carbocycles. The van der Waals surface area contributed by atoms with Gasteiger partial charge >= 0.3 is 0 Å². The molecule has 1 N–H and O–H groups in total. The van der Waals surface area contributed by atoms with E-state index in [2.05, 4.69) is 51.8 Å². The van der Waals surface area contributed by atoms with E-state index in [4.69, 9.17) is 16.6 Å². The van der Waals surface area contributed by atoms with E-state index in [-0.39, 0.29) is 0 Å². The summed E-state index contributed by atoms with van der Waals surface area (Å²) in [4.78, 5) is 13.1. The lowest BCUT2D eigenvalue weighted by atomic mass is 9.95. The van der Waals surface area contributed by atoms with E-state index in [1.807, 2.05) is 6.92 Å². The first-order valence-corrected chi connectivity index (χ1v) is 12.3. The number of rotatable bonds is 4. The largest absolute Gasteiger partial charge is 0.312 e. The summed E-state index contributed by atoms with van der Waals surface area (Å²) in [7, 11) is 0. The van der Waals surface area contributed by atoms with Gasteiger partial charge in [-0.05, 0) is 73.7 Å². The summed E-state index contributed by atoms with van der Waals surface area (Å²) < 4.78 is 0. The predicted octanol–water partition coefficient (Wildman–Crippen LogP) is 5.28. The molecule has 3 aromatic rings. The second-order valence-corrected chi connectivity index (χ2v) is 10.7. The van der Waals surface area contributed by atoms with E-state index in [9.17, 15) is 0 Å². The molecule has 6 heteroatoms. The van der Waals surface area contributed by atoms with Gasteiger partial charge in [0.25, 0.3) is 0 Å². The number of fused-ring (bicyclic) bond motifs is 3. The molecule has 1 saturated carbocycles. The third kappa shape index (κ3) is 3.27. The van der Waals surface area contributed by atoms with Crippen LogP contribution in [0.3, 0.4) is 0 Å². The molecule has 4 nitrogen and oxygen atoms in total. The van der Waals surface area contributed by atoms with Gasteiger partial charge in [0.1, 0.15) is 10.7 Å². The lowest BCUT2D eigenvalue weighted by molar-refractivity contribution is 0.146. The number of nitrogens with zero attached hydrogens (tertiary/aromatic N) is 3. The highest BCUT2D eigenvalue weighted by molar-refractivity contribution is 7.16. The molecule has 0 amide bonds. The Kier molecular flexibility index (Phi) is 4.64. The lowest BCUT2D eigenvalue weighted by Crippen LogP contribution is -2.42. The van der Waals surface area contributed by atoms with Crippen LogP contribution in [0, 0.1) is 12.8 Å². The Labute approximate surface area is 186 Å². The maximum Gasteiger partial charge on any atom is 0.127 e. The molecule has 3 unspecified atom stereocenters. The first-order valence-electron chi connectivity index (χ1n) is 11.1. The fourth-order valence-electron chi connectivity index (χ4n) is 5.61. The quantitative estimate of drug-likeness (QED) is 0.601. The van der Waals surface area contributed by atoms with Gasteiger partial charge in [-0.2, -0.15) is 0 Å². The zero-order valence-corrected chi connectivity index (χ0v) is 19.0. The maximum absolute atomic E-state index is 6.84. The van der Waals surface area contributed by atoms with E-state index in [0.717, 1.165) is 34.6 Å².